The molecule has 0 spiro atoms. The highest BCUT2D eigenvalue weighted by Crippen LogP contribution is 2.31. The van der Waals surface area contributed by atoms with Crippen molar-refractivity contribution in [2.75, 3.05) is 11.1 Å². The Bertz CT molecular complexity index is 703. The summed E-state index contributed by atoms with van der Waals surface area (Å²) in [5.41, 5.74) is 8.61. The highest BCUT2D eigenvalue weighted by molar-refractivity contribution is 7.17. The van der Waals surface area contributed by atoms with Crippen molar-refractivity contribution in [1.82, 2.24) is 4.98 Å². The van der Waals surface area contributed by atoms with E-state index in [-0.39, 0.29) is 0 Å². The fraction of sp³-hybridized carbons (Fsp3) is 0.0714. The Hall–Kier alpha value is -2.07. The van der Waals surface area contributed by atoms with Crippen molar-refractivity contribution in [1.29, 1.82) is 0 Å². The maximum Gasteiger partial charge on any atom is 0.130 e. The van der Waals surface area contributed by atoms with Crippen LogP contribution in [-0.2, 0) is 0 Å². The summed E-state index contributed by atoms with van der Waals surface area (Å²) >= 11 is 1.73. The standard InChI is InChI=1S/C14H13N3S/c1-9-6-14(16-7-11(9)15)17-12-8-18-13-5-3-2-4-10(12)13/h2-8H,15H2,1H3,(H,16,17). The molecule has 0 bridgehead atoms. The van der Waals surface area contributed by atoms with Crippen molar-refractivity contribution in [2.24, 2.45) is 0 Å². The number of thiophene rings is 1. The van der Waals surface area contributed by atoms with Gasteiger partial charge in [-0.3, -0.25) is 0 Å². The lowest BCUT2D eigenvalue weighted by Gasteiger charge is -2.06. The van der Waals surface area contributed by atoms with Gasteiger partial charge in [-0.05, 0) is 24.6 Å². The molecule has 1 aromatic carbocycles. The number of rotatable bonds is 2. The van der Waals surface area contributed by atoms with E-state index in [0.29, 0.717) is 0 Å². The first-order valence-electron chi connectivity index (χ1n) is 5.69. The molecule has 2 aromatic heterocycles. The van der Waals surface area contributed by atoms with Gasteiger partial charge in [0, 0.05) is 15.5 Å². The quantitative estimate of drug-likeness (QED) is 0.729. The number of hydrogen-bond donors (Lipinski definition) is 2. The van der Waals surface area contributed by atoms with Crippen LogP contribution in [-0.4, -0.2) is 4.98 Å². The van der Waals surface area contributed by atoms with Gasteiger partial charge in [-0.25, -0.2) is 4.98 Å². The third-order valence-corrected chi connectivity index (χ3v) is 3.86. The number of nitrogens with two attached hydrogens (primary N) is 1. The molecule has 3 rings (SSSR count). The van der Waals surface area contributed by atoms with Gasteiger partial charge < -0.3 is 11.1 Å². The van der Waals surface area contributed by atoms with Gasteiger partial charge in [0.05, 0.1) is 17.6 Å². The fourth-order valence-corrected chi connectivity index (χ4v) is 2.74. The number of aromatic nitrogens is 1. The largest absolute Gasteiger partial charge is 0.397 e. The molecule has 0 saturated heterocycles. The molecule has 0 unspecified atom stereocenters. The smallest absolute Gasteiger partial charge is 0.130 e. The number of anilines is 3. The van der Waals surface area contributed by atoms with Crippen LogP contribution in [0.15, 0.2) is 41.9 Å². The SMILES string of the molecule is Cc1cc(Nc2csc3ccccc23)ncc1N. The summed E-state index contributed by atoms with van der Waals surface area (Å²) in [4.78, 5) is 4.29. The summed E-state index contributed by atoms with van der Waals surface area (Å²) < 4.78 is 1.27. The van der Waals surface area contributed by atoms with E-state index < -0.39 is 0 Å². The van der Waals surface area contributed by atoms with Crippen LogP contribution in [0.5, 0.6) is 0 Å². The zero-order valence-corrected chi connectivity index (χ0v) is 10.8. The third kappa shape index (κ3) is 1.91. The maximum atomic E-state index is 5.76. The van der Waals surface area contributed by atoms with Crippen molar-refractivity contribution >= 4 is 38.6 Å². The molecule has 0 aliphatic heterocycles. The fourth-order valence-electron chi connectivity index (χ4n) is 1.85. The second-order valence-electron chi connectivity index (χ2n) is 4.20. The van der Waals surface area contributed by atoms with E-state index in [2.05, 4.69) is 27.8 Å². The van der Waals surface area contributed by atoms with Gasteiger partial charge in [-0.1, -0.05) is 18.2 Å². The number of nitrogens with one attached hydrogen (secondary N) is 1. The van der Waals surface area contributed by atoms with E-state index in [4.69, 9.17) is 5.73 Å². The summed E-state index contributed by atoms with van der Waals surface area (Å²) in [5, 5.41) is 6.67. The average Bonchev–Trinajstić information content (AvgIpc) is 2.78. The first-order chi connectivity index (χ1) is 8.74. The Balaban J connectivity index is 1.98. The van der Waals surface area contributed by atoms with Crippen LogP contribution in [0.2, 0.25) is 0 Å². The lowest BCUT2D eigenvalue weighted by atomic mass is 10.2. The van der Waals surface area contributed by atoms with Crippen LogP contribution in [0.25, 0.3) is 10.1 Å². The number of nitrogens with zero attached hydrogens (tertiary/aromatic N) is 1. The van der Waals surface area contributed by atoms with Crippen LogP contribution >= 0.6 is 11.3 Å². The molecule has 90 valence electrons. The van der Waals surface area contributed by atoms with Gasteiger partial charge in [0.15, 0.2) is 0 Å². The molecule has 0 aliphatic carbocycles. The molecule has 2 heterocycles. The zero-order valence-electron chi connectivity index (χ0n) is 9.97. The van der Waals surface area contributed by atoms with Crippen molar-refractivity contribution in [3.63, 3.8) is 0 Å². The molecule has 0 saturated carbocycles. The van der Waals surface area contributed by atoms with Gasteiger partial charge in [0.2, 0.25) is 0 Å². The summed E-state index contributed by atoms with van der Waals surface area (Å²) in [7, 11) is 0. The molecular formula is C14H13N3S. The van der Waals surface area contributed by atoms with E-state index in [1.54, 1.807) is 17.5 Å². The van der Waals surface area contributed by atoms with Gasteiger partial charge >= 0.3 is 0 Å². The first-order valence-corrected chi connectivity index (χ1v) is 6.57. The summed E-state index contributed by atoms with van der Waals surface area (Å²) in [6.45, 7) is 1.98. The molecule has 3 N–H and O–H groups in total. The Morgan fingerprint density at radius 3 is 2.94 bits per heavy atom. The van der Waals surface area contributed by atoms with Crippen LogP contribution in [0.4, 0.5) is 17.2 Å². The van der Waals surface area contributed by atoms with E-state index in [0.717, 1.165) is 22.8 Å². The first kappa shape index (κ1) is 11.0. The Labute approximate surface area is 109 Å². The van der Waals surface area contributed by atoms with Crippen LogP contribution in [0.1, 0.15) is 5.56 Å². The Kier molecular flexibility index (Phi) is 2.64. The molecule has 18 heavy (non-hydrogen) atoms. The molecule has 4 heteroatoms. The molecule has 0 amide bonds. The van der Waals surface area contributed by atoms with E-state index in [9.17, 15) is 0 Å². The lowest BCUT2D eigenvalue weighted by molar-refractivity contribution is 1.28. The molecule has 0 radical (unpaired) electrons. The van der Waals surface area contributed by atoms with Crippen molar-refractivity contribution in [2.45, 2.75) is 6.92 Å². The number of nitrogen functional groups attached to an aromatic ring is 1. The van der Waals surface area contributed by atoms with Crippen LogP contribution in [0.3, 0.4) is 0 Å². The van der Waals surface area contributed by atoms with Gasteiger partial charge in [0.1, 0.15) is 5.82 Å². The van der Waals surface area contributed by atoms with Crippen molar-refractivity contribution in [3.05, 3.63) is 47.5 Å². The molecule has 0 aliphatic rings. The zero-order chi connectivity index (χ0) is 12.5. The minimum absolute atomic E-state index is 0.718. The minimum atomic E-state index is 0.718. The second-order valence-corrected chi connectivity index (χ2v) is 5.11. The van der Waals surface area contributed by atoms with E-state index >= 15 is 0 Å². The molecule has 0 fully saturated rings. The number of aryl methyl sites for hydroxylation is 1. The molecule has 0 atom stereocenters. The predicted molar refractivity (Wildman–Crippen MR) is 78.5 cm³/mol. The Morgan fingerprint density at radius 2 is 2.11 bits per heavy atom. The third-order valence-electron chi connectivity index (χ3n) is 2.90. The highest BCUT2D eigenvalue weighted by atomic mass is 32.1. The average molecular weight is 255 g/mol. The van der Waals surface area contributed by atoms with Crippen LogP contribution in [0, 0.1) is 6.92 Å². The van der Waals surface area contributed by atoms with Crippen molar-refractivity contribution < 1.29 is 0 Å². The molecular weight excluding hydrogens is 242 g/mol. The number of pyridine rings is 1. The summed E-state index contributed by atoms with van der Waals surface area (Å²) in [6.07, 6.45) is 1.69. The van der Waals surface area contributed by atoms with Gasteiger partial charge in [-0.15, -0.1) is 11.3 Å². The lowest BCUT2D eigenvalue weighted by Crippen LogP contribution is -1.96. The number of fused-ring (bicyclic) bond motifs is 1. The summed E-state index contributed by atoms with van der Waals surface area (Å²) in [5.74, 6) is 0.824. The topological polar surface area (TPSA) is 50.9 Å². The summed E-state index contributed by atoms with van der Waals surface area (Å²) in [6, 6.07) is 10.3. The minimum Gasteiger partial charge on any atom is -0.397 e. The number of hydrogen-bond acceptors (Lipinski definition) is 4. The van der Waals surface area contributed by atoms with Crippen molar-refractivity contribution in [3.8, 4) is 0 Å². The van der Waals surface area contributed by atoms with Crippen LogP contribution < -0.4 is 11.1 Å². The van der Waals surface area contributed by atoms with Gasteiger partial charge in [-0.2, -0.15) is 0 Å². The molecule has 3 nitrogen and oxygen atoms in total. The van der Waals surface area contributed by atoms with E-state index in [1.165, 1.54) is 10.1 Å². The Morgan fingerprint density at radius 1 is 1.28 bits per heavy atom. The molecule has 3 aromatic rings. The second kappa shape index (κ2) is 4.31. The predicted octanol–water partition coefficient (Wildman–Crippen LogP) is 3.93. The highest BCUT2D eigenvalue weighted by Gasteiger charge is 2.04. The van der Waals surface area contributed by atoms with Gasteiger partial charge in [0.25, 0.3) is 0 Å². The van der Waals surface area contributed by atoms with E-state index in [1.807, 2.05) is 25.1 Å². The monoisotopic (exact) mass is 255 g/mol. The maximum absolute atomic E-state index is 5.76. The normalized spacial score (nSPS) is 10.7. The number of benzene rings is 1.